The topological polar surface area (TPSA) is 238 Å². The van der Waals surface area contributed by atoms with Crippen molar-refractivity contribution in [2.75, 3.05) is 20.1 Å². The highest BCUT2D eigenvalue weighted by Gasteiger charge is 2.34. The van der Waals surface area contributed by atoms with E-state index in [0.717, 1.165) is 0 Å². The molecular formula is C27H40N8O7. The fourth-order valence-electron chi connectivity index (χ4n) is 4.37. The summed E-state index contributed by atoms with van der Waals surface area (Å²) in [6.07, 6.45) is -0.276. The van der Waals surface area contributed by atoms with Crippen LogP contribution in [0.4, 0.5) is 0 Å². The molecule has 0 aromatic heterocycles. The van der Waals surface area contributed by atoms with Crippen LogP contribution in [-0.2, 0) is 24.0 Å². The van der Waals surface area contributed by atoms with Crippen molar-refractivity contribution < 1.29 is 33.9 Å². The number of nitrogens with two attached hydrogens (primary N) is 2. The Balaban J connectivity index is 2.49. The average molecular weight is 589 g/mol. The van der Waals surface area contributed by atoms with E-state index >= 15 is 0 Å². The van der Waals surface area contributed by atoms with Crippen molar-refractivity contribution in [3.8, 4) is 0 Å². The number of hydrogen-bond acceptors (Lipinski definition) is 7. The van der Waals surface area contributed by atoms with Crippen LogP contribution < -0.4 is 32.7 Å². The number of aliphatic imine (C=N–C) groups is 1. The summed E-state index contributed by atoms with van der Waals surface area (Å²) in [6, 6.07) is 2.21. The van der Waals surface area contributed by atoms with Crippen molar-refractivity contribution in [1.29, 1.82) is 0 Å². The Hall–Kier alpha value is -4.69. The van der Waals surface area contributed by atoms with Crippen LogP contribution in [0.25, 0.3) is 0 Å². The van der Waals surface area contributed by atoms with Gasteiger partial charge >= 0.3 is 5.97 Å². The Bertz CT molecular complexity index is 1210. The van der Waals surface area contributed by atoms with E-state index < -0.39 is 72.6 Å². The number of likely N-dealkylation sites (N-methyl/N-ethyl adjacent to an activating group) is 1. The van der Waals surface area contributed by atoms with Gasteiger partial charge in [0.25, 0.3) is 5.91 Å². The first-order chi connectivity index (χ1) is 19.7. The van der Waals surface area contributed by atoms with Crippen molar-refractivity contribution in [2.45, 2.75) is 64.2 Å². The number of amides is 5. The molecule has 230 valence electrons. The summed E-state index contributed by atoms with van der Waals surface area (Å²) in [5.41, 5.74) is 11.5. The minimum Gasteiger partial charge on any atom is -0.481 e. The molecule has 2 bridgehead atoms. The summed E-state index contributed by atoms with van der Waals surface area (Å²) in [6.45, 7) is 4.73. The first kappa shape index (κ1) is 33.5. The van der Waals surface area contributed by atoms with Crippen LogP contribution in [0.3, 0.4) is 0 Å². The highest BCUT2D eigenvalue weighted by molar-refractivity contribution is 5.99. The SMILES string of the molecule is CC(C)[C@H]1NC(=O)c2cccc(c2)[C@@H](C)NC(=O)C(CC(=O)O)NC(=O)CNC(=O)[C@H](CCCN=C(N)N)N(C)C1=O. The molecule has 0 saturated carbocycles. The van der Waals surface area contributed by atoms with Gasteiger partial charge in [-0.3, -0.25) is 33.8 Å². The van der Waals surface area contributed by atoms with Crippen LogP contribution in [0.2, 0.25) is 0 Å². The number of benzene rings is 1. The zero-order chi connectivity index (χ0) is 31.6. The van der Waals surface area contributed by atoms with Gasteiger partial charge in [-0.1, -0.05) is 26.0 Å². The van der Waals surface area contributed by atoms with Crippen molar-refractivity contribution >= 4 is 41.5 Å². The first-order valence-corrected chi connectivity index (χ1v) is 13.5. The Labute approximate surface area is 243 Å². The molecule has 0 radical (unpaired) electrons. The van der Waals surface area contributed by atoms with Crippen molar-refractivity contribution in [1.82, 2.24) is 26.2 Å². The second-order valence-electron chi connectivity index (χ2n) is 10.4. The molecule has 1 aliphatic rings. The number of hydrogen-bond donors (Lipinski definition) is 7. The van der Waals surface area contributed by atoms with Crippen LogP contribution in [-0.4, -0.2) is 89.7 Å². The van der Waals surface area contributed by atoms with Gasteiger partial charge in [0.15, 0.2) is 5.96 Å². The molecule has 42 heavy (non-hydrogen) atoms. The number of carbonyl (C=O) groups excluding carboxylic acids is 5. The van der Waals surface area contributed by atoms with E-state index in [2.05, 4.69) is 26.3 Å². The number of nitrogens with one attached hydrogen (secondary N) is 4. The molecule has 0 fully saturated rings. The molecular weight excluding hydrogens is 548 g/mol. The summed E-state index contributed by atoms with van der Waals surface area (Å²) < 4.78 is 0. The number of carbonyl (C=O) groups is 6. The summed E-state index contributed by atoms with van der Waals surface area (Å²) in [5, 5.41) is 19.5. The van der Waals surface area contributed by atoms with Crippen LogP contribution in [0.1, 0.15) is 62.0 Å². The molecule has 2 rings (SSSR count). The van der Waals surface area contributed by atoms with Crippen molar-refractivity contribution in [2.24, 2.45) is 22.4 Å². The Morgan fingerprint density at radius 3 is 2.40 bits per heavy atom. The lowest BCUT2D eigenvalue weighted by Crippen LogP contribution is -2.57. The predicted octanol–water partition coefficient (Wildman–Crippen LogP) is -1.41. The molecule has 15 heteroatoms. The summed E-state index contributed by atoms with van der Waals surface area (Å²) in [4.78, 5) is 82.2. The van der Waals surface area contributed by atoms with Crippen LogP contribution in [0, 0.1) is 5.92 Å². The number of rotatable bonds is 7. The average Bonchev–Trinajstić information content (AvgIpc) is 2.92. The maximum atomic E-state index is 13.6. The minimum absolute atomic E-state index is 0.120. The molecule has 5 amide bonds. The second kappa shape index (κ2) is 15.3. The monoisotopic (exact) mass is 588 g/mol. The highest BCUT2D eigenvalue weighted by atomic mass is 16.4. The number of carboxylic acid groups (broad SMARTS) is 1. The van der Waals surface area contributed by atoms with Gasteiger partial charge in [0.05, 0.1) is 19.0 Å². The number of guanidine groups is 1. The minimum atomic E-state index is -1.44. The van der Waals surface area contributed by atoms with E-state index in [1.807, 2.05) is 0 Å². The van der Waals surface area contributed by atoms with E-state index in [-0.39, 0.29) is 30.4 Å². The van der Waals surface area contributed by atoms with Gasteiger partial charge in [0, 0.05) is 19.2 Å². The lowest BCUT2D eigenvalue weighted by molar-refractivity contribution is -0.142. The molecule has 0 aliphatic carbocycles. The van der Waals surface area contributed by atoms with Gasteiger partial charge in [-0.25, -0.2) is 0 Å². The molecule has 4 atom stereocenters. The molecule has 1 unspecified atom stereocenters. The van der Waals surface area contributed by atoms with Gasteiger partial charge < -0.3 is 42.7 Å². The fourth-order valence-corrected chi connectivity index (χ4v) is 4.37. The van der Waals surface area contributed by atoms with E-state index in [0.29, 0.717) is 12.0 Å². The van der Waals surface area contributed by atoms with Gasteiger partial charge in [0.1, 0.15) is 18.1 Å². The van der Waals surface area contributed by atoms with Gasteiger partial charge in [0.2, 0.25) is 23.6 Å². The number of nitrogens with zero attached hydrogens (tertiary/aromatic N) is 2. The van der Waals surface area contributed by atoms with Crippen LogP contribution >= 0.6 is 0 Å². The molecule has 9 N–H and O–H groups in total. The van der Waals surface area contributed by atoms with E-state index in [1.165, 1.54) is 11.9 Å². The predicted molar refractivity (Wildman–Crippen MR) is 153 cm³/mol. The zero-order valence-electron chi connectivity index (χ0n) is 24.2. The van der Waals surface area contributed by atoms with Gasteiger partial charge in [-0.2, -0.15) is 0 Å². The third kappa shape index (κ3) is 9.74. The van der Waals surface area contributed by atoms with Crippen LogP contribution in [0.15, 0.2) is 29.3 Å². The van der Waals surface area contributed by atoms with Gasteiger partial charge in [-0.15, -0.1) is 0 Å². The Morgan fingerprint density at radius 1 is 1.10 bits per heavy atom. The molecule has 0 spiro atoms. The van der Waals surface area contributed by atoms with Crippen molar-refractivity contribution in [3.05, 3.63) is 35.4 Å². The maximum Gasteiger partial charge on any atom is 0.305 e. The molecule has 1 aromatic rings. The van der Waals surface area contributed by atoms with Gasteiger partial charge in [-0.05, 0) is 43.4 Å². The Morgan fingerprint density at radius 2 is 1.79 bits per heavy atom. The summed E-state index contributed by atoms with van der Waals surface area (Å²) >= 11 is 0. The van der Waals surface area contributed by atoms with E-state index in [4.69, 9.17) is 11.5 Å². The summed E-state index contributed by atoms with van der Waals surface area (Å²) in [5.74, 6) is -5.12. The number of carboxylic acids is 1. The fraction of sp³-hybridized carbons (Fsp3) is 0.519. The lowest BCUT2D eigenvalue weighted by Gasteiger charge is -2.32. The Kier molecular flexibility index (Phi) is 12.2. The molecule has 1 aromatic carbocycles. The lowest BCUT2D eigenvalue weighted by atomic mass is 9.99. The van der Waals surface area contributed by atoms with Crippen molar-refractivity contribution in [3.63, 3.8) is 0 Å². The molecule has 1 aliphatic heterocycles. The largest absolute Gasteiger partial charge is 0.481 e. The third-order valence-electron chi connectivity index (χ3n) is 6.73. The van der Waals surface area contributed by atoms with Crippen LogP contribution in [0.5, 0.6) is 0 Å². The third-order valence-corrected chi connectivity index (χ3v) is 6.73. The molecule has 0 saturated heterocycles. The quantitative estimate of drug-likeness (QED) is 0.112. The normalized spacial score (nSPS) is 22.7. The smallest absolute Gasteiger partial charge is 0.305 e. The first-order valence-electron chi connectivity index (χ1n) is 13.5. The van der Waals surface area contributed by atoms with E-state index in [9.17, 15) is 33.9 Å². The number of aliphatic carboxylic acids is 1. The summed E-state index contributed by atoms with van der Waals surface area (Å²) in [7, 11) is 1.42. The zero-order valence-corrected chi connectivity index (χ0v) is 24.2. The maximum absolute atomic E-state index is 13.6. The molecule has 15 nitrogen and oxygen atoms in total. The highest BCUT2D eigenvalue weighted by Crippen LogP contribution is 2.17. The second-order valence-corrected chi connectivity index (χ2v) is 10.4. The van der Waals surface area contributed by atoms with E-state index in [1.54, 1.807) is 45.0 Å². The molecule has 1 heterocycles. The number of fused-ring (bicyclic) bond motifs is 2. The standard InChI is InChI=1S/C27H40N8O7/c1-14(2)22-26(42)35(4)19(9-6-10-30-27(28)29)25(41)31-13-20(36)33-18(12-21(37)38)24(40)32-15(3)16-7-5-8-17(11-16)23(39)34-22/h5,7-8,11,14-15,18-19,22H,6,9-10,12-13H2,1-4H3,(H,31,41)(H,32,40)(H,33,36)(H,34,39)(H,37,38)(H4,28,29,30)/t15-,18?,19+,22-/m1/s1.